The summed E-state index contributed by atoms with van der Waals surface area (Å²) in [5.74, 6) is 1.53. The third-order valence-corrected chi connectivity index (χ3v) is 2.60. The number of nitrogen functional groups attached to an aromatic ring is 1. The number of hydrogen-bond acceptors (Lipinski definition) is 3. The van der Waals surface area contributed by atoms with Crippen molar-refractivity contribution in [3.8, 4) is 11.5 Å². The van der Waals surface area contributed by atoms with Crippen molar-refractivity contribution >= 4 is 5.69 Å². The van der Waals surface area contributed by atoms with Crippen LogP contribution < -0.4 is 10.5 Å². The minimum absolute atomic E-state index is 0.239. The lowest BCUT2D eigenvalue weighted by Gasteiger charge is -2.09. The Labute approximate surface area is 114 Å². The second kappa shape index (κ2) is 6.25. The van der Waals surface area contributed by atoms with Crippen molar-refractivity contribution in [2.45, 2.75) is 26.6 Å². The van der Waals surface area contributed by atoms with Gasteiger partial charge in [0, 0.05) is 11.8 Å². The van der Waals surface area contributed by atoms with Crippen molar-refractivity contribution in [3.05, 3.63) is 54.1 Å². The van der Waals surface area contributed by atoms with Gasteiger partial charge in [0.1, 0.15) is 11.5 Å². The van der Waals surface area contributed by atoms with E-state index in [1.165, 1.54) is 0 Å². The summed E-state index contributed by atoms with van der Waals surface area (Å²) in [7, 11) is 0. The number of nitrogens with two attached hydrogens (primary N) is 1. The fraction of sp³-hybridized carbons (Fsp3) is 0.250. The minimum Gasteiger partial charge on any atom is -0.457 e. The molecule has 0 aromatic heterocycles. The maximum atomic E-state index is 5.72. The van der Waals surface area contributed by atoms with Gasteiger partial charge in [-0.05, 0) is 43.7 Å². The average molecular weight is 257 g/mol. The largest absolute Gasteiger partial charge is 0.457 e. The molecule has 0 amide bonds. The predicted molar refractivity (Wildman–Crippen MR) is 77.3 cm³/mol. The molecule has 2 aromatic carbocycles. The first-order valence-corrected chi connectivity index (χ1v) is 6.37. The Morgan fingerprint density at radius 3 is 2.37 bits per heavy atom. The number of ether oxygens (including phenoxy) is 2. The molecule has 0 aliphatic carbocycles. The van der Waals surface area contributed by atoms with Crippen molar-refractivity contribution in [2.75, 3.05) is 5.73 Å². The van der Waals surface area contributed by atoms with Gasteiger partial charge in [-0.25, -0.2) is 0 Å². The lowest BCUT2D eigenvalue weighted by molar-refractivity contribution is 0.0657. The van der Waals surface area contributed by atoms with E-state index < -0.39 is 0 Å². The molecule has 100 valence electrons. The number of benzene rings is 2. The zero-order chi connectivity index (χ0) is 13.7. The fourth-order valence-corrected chi connectivity index (χ4v) is 1.63. The Balaban J connectivity index is 1.98. The minimum atomic E-state index is 0.239. The summed E-state index contributed by atoms with van der Waals surface area (Å²) in [6.07, 6.45) is 0.239. The lowest BCUT2D eigenvalue weighted by atomic mass is 10.2. The Kier molecular flexibility index (Phi) is 4.42. The smallest absolute Gasteiger partial charge is 0.129 e. The molecule has 0 saturated carbocycles. The molecule has 0 spiro atoms. The maximum absolute atomic E-state index is 5.72. The van der Waals surface area contributed by atoms with Crippen LogP contribution in [0.4, 0.5) is 5.69 Å². The summed E-state index contributed by atoms with van der Waals surface area (Å²) in [6.45, 7) is 4.67. The van der Waals surface area contributed by atoms with Gasteiger partial charge in [-0.15, -0.1) is 0 Å². The van der Waals surface area contributed by atoms with E-state index in [1.54, 1.807) is 6.07 Å². The van der Waals surface area contributed by atoms with E-state index in [-0.39, 0.29) is 6.10 Å². The third-order valence-electron chi connectivity index (χ3n) is 2.60. The molecule has 0 unspecified atom stereocenters. The van der Waals surface area contributed by atoms with E-state index in [0.29, 0.717) is 12.3 Å². The highest BCUT2D eigenvalue weighted by molar-refractivity contribution is 5.45. The van der Waals surface area contributed by atoms with Crippen LogP contribution >= 0.6 is 0 Å². The number of hydrogen-bond donors (Lipinski definition) is 1. The SMILES string of the molecule is CC(C)OCc1ccc(Oc2cccc(N)c2)cc1. The van der Waals surface area contributed by atoms with Crippen LogP contribution in [-0.4, -0.2) is 6.10 Å². The van der Waals surface area contributed by atoms with Crippen LogP contribution in [0.5, 0.6) is 11.5 Å². The zero-order valence-corrected chi connectivity index (χ0v) is 11.3. The molecule has 3 heteroatoms. The Morgan fingerprint density at radius 2 is 1.74 bits per heavy atom. The van der Waals surface area contributed by atoms with E-state index >= 15 is 0 Å². The first-order valence-electron chi connectivity index (χ1n) is 6.37. The van der Waals surface area contributed by atoms with Crippen LogP contribution in [0.15, 0.2) is 48.5 Å². The van der Waals surface area contributed by atoms with E-state index in [2.05, 4.69) is 0 Å². The van der Waals surface area contributed by atoms with Crippen molar-refractivity contribution in [1.29, 1.82) is 0 Å². The molecule has 0 heterocycles. The monoisotopic (exact) mass is 257 g/mol. The van der Waals surface area contributed by atoms with Gasteiger partial charge < -0.3 is 15.2 Å². The number of anilines is 1. The Morgan fingerprint density at radius 1 is 1.00 bits per heavy atom. The average Bonchev–Trinajstić information content (AvgIpc) is 2.38. The summed E-state index contributed by atoms with van der Waals surface area (Å²) in [6, 6.07) is 15.3. The van der Waals surface area contributed by atoms with Gasteiger partial charge in [0.2, 0.25) is 0 Å². The quantitative estimate of drug-likeness (QED) is 0.824. The van der Waals surface area contributed by atoms with Crippen LogP contribution in [0, 0.1) is 0 Å². The summed E-state index contributed by atoms with van der Waals surface area (Å²) >= 11 is 0. The molecule has 2 rings (SSSR count). The summed E-state index contributed by atoms with van der Waals surface area (Å²) in [4.78, 5) is 0. The highest BCUT2D eigenvalue weighted by atomic mass is 16.5. The molecular formula is C16H19NO2. The highest BCUT2D eigenvalue weighted by Gasteiger charge is 2.00. The van der Waals surface area contributed by atoms with Gasteiger partial charge in [0.25, 0.3) is 0 Å². The molecule has 0 aliphatic rings. The van der Waals surface area contributed by atoms with Crippen LogP contribution in [-0.2, 0) is 11.3 Å². The van der Waals surface area contributed by atoms with Crippen LogP contribution in [0.1, 0.15) is 19.4 Å². The van der Waals surface area contributed by atoms with Crippen LogP contribution in [0.3, 0.4) is 0 Å². The molecule has 0 saturated heterocycles. The second-order valence-electron chi connectivity index (χ2n) is 4.68. The molecule has 0 bridgehead atoms. The summed E-state index contributed by atoms with van der Waals surface area (Å²) in [5, 5.41) is 0. The van der Waals surface area contributed by atoms with E-state index in [4.69, 9.17) is 15.2 Å². The zero-order valence-electron chi connectivity index (χ0n) is 11.3. The first kappa shape index (κ1) is 13.4. The van der Waals surface area contributed by atoms with Gasteiger partial charge in [-0.1, -0.05) is 18.2 Å². The van der Waals surface area contributed by atoms with Gasteiger partial charge >= 0.3 is 0 Å². The summed E-state index contributed by atoms with van der Waals surface area (Å²) in [5.41, 5.74) is 7.53. The van der Waals surface area contributed by atoms with Crippen LogP contribution in [0.2, 0.25) is 0 Å². The van der Waals surface area contributed by atoms with E-state index in [0.717, 1.165) is 17.1 Å². The first-order chi connectivity index (χ1) is 9.13. The van der Waals surface area contributed by atoms with Crippen molar-refractivity contribution in [3.63, 3.8) is 0 Å². The Hall–Kier alpha value is -2.00. The molecular weight excluding hydrogens is 238 g/mol. The van der Waals surface area contributed by atoms with E-state index in [9.17, 15) is 0 Å². The maximum Gasteiger partial charge on any atom is 0.129 e. The second-order valence-corrected chi connectivity index (χ2v) is 4.68. The highest BCUT2D eigenvalue weighted by Crippen LogP contribution is 2.23. The lowest BCUT2D eigenvalue weighted by Crippen LogP contribution is -2.01. The molecule has 3 nitrogen and oxygen atoms in total. The molecule has 0 atom stereocenters. The molecule has 0 fully saturated rings. The van der Waals surface area contributed by atoms with Crippen molar-refractivity contribution < 1.29 is 9.47 Å². The topological polar surface area (TPSA) is 44.5 Å². The molecule has 0 radical (unpaired) electrons. The Bertz CT molecular complexity index is 521. The van der Waals surface area contributed by atoms with Crippen molar-refractivity contribution in [2.24, 2.45) is 0 Å². The van der Waals surface area contributed by atoms with Gasteiger partial charge in [-0.2, -0.15) is 0 Å². The molecule has 0 aliphatic heterocycles. The summed E-state index contributed by atoms with van der Waals surface area (Å²) < 4.78 is 11.3. The van der Waals surface area contributed by atoms with Gasteiger partial charge in [0.05, 0.1) is 12.7 Å². The van der Waals surface area contributed by atoms with Crippen LogP contribution in [0.25, 0.3) is 0 Å². The van der Waals surface area contributed by atoms with Crippen molar-refractivity contribution in [1.82, 2.24) is 0 Å². The number of rotatable bonds is 5. The van der Waals surface area contributed by atoms with Gasteiger partial charge in [-0.3, -0.25) is 0 Å². The molecule has 19 heavy (non-hydrogen) atoms. The van der Waals surface area contributed by atoms with E-state index in [1.807, 2.05) is 56.3 Å². The predicted octanol–water partition coefficient (Wildman–Crippen LogP) is 3.99. The van der Waals surface area contributed by atoms with Gasteiger partial charge in [0.15, 0.2) is 0 Å². The molecule has 2 aromatic rings. The molecule has 2 N–H and O–H groups in total. The fourth-order valence-electron chi connectivity index (χ4n) is 1.63. The standard InChI is InChI=1S/C16H19NO2/c1-12(2)18-11-13-6-8-15(9-7-13)19-16-5-3-4-14(17)10-16/h3-10,12H,11,17H2,1-2H3. The normalized spacial score (nSPS) is 10.7. The third kappa shape index (κ3) is 4.30.